The highest BCUT2D eigenvalue weighted by Crippen LogP contribution is 2.30. The smallest absolute Gasteiger partial charge is 0.349 e. The van der Waals surface area contributed by atoms with Gasteiger partial charge in [-0.05, 0) is 26.8 Å². The Morgan fingerprint density at radius 3 is 2.48 bits per heavy atom. The average Bonchev–Trinajstić information content (AvgIpc) is 2.43. The first-order valence-electron chi connectivity index (χ1n) is 6.75. The highest BCUT2D eigenvalue weighted by Gasteiger charge is 2.22. The molecule has 0 spiro atoms. The van der Waals surface area contributed by atoms with Crippen LogP contribution in [0.4, 0.5) is 5.69 Å². The summed E-state index contributed by atoms with van der Waals surface area (Å²) in [5, 5.41) is 13.8. The van der Waals surface area contributed by atoms with Crippen molar-refractivity contribution < 1.29 is 18.9 Å². The maximum atomic E-state index is 12.2. The van der Waals surface area contributed by atoms with Gasteiger partial charge in [-0.25, -0.2) is 4.79 Å². The quantitative estimate of drug-likeness (QED) is 0.527. The van der Waals surface area contributed by atoms with Gasteiger partial charge in [0.25, 0.3) is 11.6 Å². The lowest BCUT2D eigenvalue weighted by Crippen LogP contribution is -2.42. The van der Waals surface area contributed by atoms with Crippen LogP contribution >= 0.6 is 0 Å². The van der Waals surface area contributed by atoms with Gasteiger partial charge in [-0.2, -0.15) is 0 Å². The predicted molar refractivity (Wildman–Crippen MR) is 82.9 cm³/mol. The average molecular weight is 320 g/mol. The first kappa shape index (κ1) is 16.5. The van der Waals surface area contributed by atoms with Crippen molar-refractivity contribution in [2.75, 3.05) is 7.11 Å². The second kappa shape index (κ2) is 5.71. The Labute approximate surface area is 131 Å². The minimum Gasteiger partial charge on any atom is -0.493 e. The van der Waals surface area contributed by atoms with Crippen molar-refractivity contribution in [2.45, 2.75) is 26.3 Å². The second-order valence-corrected chi connectivity index (χ2v) is 5.98. The molecule has 1 heterocycles. The Bertz CT molecular complexity index is 847. The van der Waals surface area contributed by atoms with E-state index in [9.17, 15) is 19.7 Å². The highest BCUT2D eigenvalue weighted by atomic mass is 16.6. The Morgan fingerprint density at radius 2 is 1.96 bits per heavy atom. The molecule has 0 aliphatic rings. The van der Waals surface area contributed by atoms with Crippen molar-refractivity contribution in [1.82, 2.24) is 5.32 Å². The van der Waals surface area contributed by atoms with Gasteiger partial charge in [0.1, 0.15) is 5.56 Å². The summed E-state index contributed by atoms with van der Waals surface area (Å²) >= 11 is 0. The van der Waals surface area contributed by atoms with Crippen LogP contribution in [0.3, 0.4) is 0 Å². The zero-order valence-electron chi connectivity index (χ0n) is 13.1. The molecule has 0 fully saturated rings. The van der Waals surface area contributed by atoms with E-state index >= 15 is 0 Å². The molecule has 23 heavy (non-hydrogen) atoms. The van der Waals surface area contributed by atoms with Gasteiger partial charge in [-0.15, -0.1) is 0 Å². The van der Waals surface area contributed by atoms with E-state index in [-0.39, 0.29) is 28.0 Å². The van der Waals surface area contributed by atoms with E-state index < -0.39 is 22.0 Å². The summed E-state index contributed by atoms with van der Waals surface area (Å²) in [6.07, 6.45) is 0. The van der Waals surface area contributed by atoms with Gasteiger partial charge >= 0.3 is 5.63 Å². The number of nitrogens with zero attached hydrogens (tertiary/aromatic N) is 1. The third kappa shape index (κ3) is 3.47. The van der Waals surface area contributed by atoms with Gasteiger partial charge < -0.3 is 14.5 Å². The van der Waals surface area contributed by atoms with Gasteiger partial charge in [0, 0.05) is 17.0 Å². The molecule has 2 aromatic rings. The van der Waals surface area contributed by atoms with Crippen LogP contribution in [0.25, 0.3) is 11.0 Å². The van der Waals surface area contributed by atoms with E-state index in [2.05, 4.69) is 5.32 Å². The van der Waals surface area contributed by atoms with E-state index in [1.54, 1.807) is 20.8 Å². The van der Waals surface area contributed by atoms with Crippen molar-refractivity contribution in [3.8, 4) is 5.75 Å². The number of ether oxygens (including phenoxy) is 1. The molecule has 0 aliphatic heterocycles. The Morgan fingerprint density at radius 1 is 1.30 bits per heavy atom. The summed E-state index contributed by atoms with van der Waals surface area (Å²) in [5.41, 5.74) is -1.79. The molecule has 1 amide bonds. The topological polar surface area (TPSA) is 112 Å². The number of hydrogen-bond acceptors (Lipinski definition) is 6. The number of hydrogen-bond donors (Lipinski definition) is 1. The van der Waals surface area contributed by atoms with Crippen LogP contribution in [0, 0.1) is 10.1 Å². The van der Waals surface area contributed by atoms with E-state index in [0.29, 0.717) is 0 Å². The van der Waals surface area contributed by atoms with Gasteiger partial charge in [0.2, 0.25) is 0 Å². The first-order valence-corrected chi connectivity index (χ1v) is 6.75. The number of nitrogens with one attached hydrogen (secondary N) is 1. The highest BCUT2D eigenvalue weighted by molar-refractivity contribution is 5.98. The molecule has 0 atom stereocenters. The van der Waals surface area contributed by atoms with Crippen molar-refractivity contribution in [3.63, 3.8) is 0 Å². The number of carbonyl (C=O) groups is 1. The number of carbonyl (C=O) groups excluding carboxylic acids is 1. The number of benzene rings is 1. The molecule has 0 saturated heterocycles. The zero-order valence-corrected chi connectivity index (χ0v) is 13.1. The van der Waals surface area contributed by atoms with Gasteiger partial charge in [0.05, 0.1) is 18.1 Å². The maximum Gasteiger partial charge on any atom is 0.349 e. The molecule has 0 unspecified atom stereocenters. The Hall–Kier alpha value is -2.90. The van der Waals surface area contributed by atoms with Crippen LogP contribution < -0.4 is 15.7 Å². The summed E-state index contributed by atoms with van der Waals surface area (Å²) in [6, 6.07) is 3.63. The monoisotopic (exact) mass is 320 g/mol. The van der Waals surface area contributed by atoms with Gasteiger partial charge in [-0.3, -0.25) is 14.9 Å². The summed E-state index contributed by atoms with van der Waals surface area (Å²) in [4.78, 5) is 34.6. The fourth-order valence-corrected chi connectivity index (χ4v) is 2.01. The molecule has 1 N–H and O–H groups in total. The fourth-order valence-electron chi connectivity index (χ4n) is 2.01. The lowest BCUT2D eigenvalue weighted by Gasteiger charge is -2.20. The van der Waals surface area contributed by atoms with Crippen LogP contribution in [0.15, 0.2) is 27.4 Å². The Kier molecular flexibility index (Phi) is 4.09. The molecule has 0 saturated carbocycles. The van der Waals surface area contributed by atoms with E-state index in [1.165, 1.54) is 19.2 Å². The number of nitro benzene ring substituents is 1. The number of non-ortho nitro benzene ring substituents is 1. The Balaban J connectivity index is 2.66. The SMILES string of the molecule is COc1cc([N+](=O)[O-])cc2cc(C(=O)NC(C)(C)C)c(=O)oc12. The standard InChI is InChI=1S/C15H16N2O6/c1-15(2,3)16-13(18)10-6-8-5-9(17(20)21)7-11(22-4)12(8)23-14(10)19/h5-7H,1-4H3,(H,16,18). The van der Waals surface area contributed by atoms with Crippen LogP contribution in [0.5, 0.6) is 5.75 Å². The van der Waals surface area contributed by atoms with Crippen molar-refractivity contribution in [2.24, 2.45) is 0 Å². The molecular weight excluding hydrogens is 304 g/mol. The molecule has 1 aromatic carbocycles. The normalized spacial score (nSPS) is 11.3. The molecule has 122 valence electrons. The summed E-state index contributed by atoms with van der Waals surface area (Å²) in [6.45, 7) is 5.30. The van der Waals surface area contributed by atoms with E-state index in [1.807, 2.05) is 0 Å². The third-order valence-electron chi connectivity index (χ3n) is 2.95. The summed E-state index contributed by atoms with van der Waals surface area (Å²) < 4.78 is 10.1. The van der Waals surface area contributed by atoms with Gasteiger partial charge in [0.15, 0.2) is 11.3 Å². The largest absolute Gasteiger partial charge is 0.493 e. The molecule has 1 aromatic heterocycles. The zero-order chi connectivity index (χ0) is 17.4. The van der Waals surface area contributed by atoms with Gasteiger partial charge in [-0.1, -0.05) is 0 Å². The number of methoxy groups -OCH3 is 1. The minimum atomic E-state index is -0.841. The molecule has 0 bridgehead atoms. The number of fused-ring (bicyclic) bond motifs is 1. The van der Waals surface area contributed by atoms with E-state index in [4.69, 9.17) is 9.15 Å². The minimum absolute atomic E-state index is 0.0501. The van der Waals surface area contributed by atoms with Crippen LogP contribution in [-0.4, -0.2) is 23.5 Å². The van der Waals surface area contributed by atoms with Crippen molar-refractivity contribution in [1.29, 1.82) is 0 Å². The predicted octanol–water partition coefficient (Wildman–Crippen LogP) is 2.24. The lowest BCUT2D eigenvalue weighted by atomic mass is 10.1. The second-order valence-electron chi connectivity index (χ2n) is 5.98. The van der Waals surface area contributed by atoms with E-state index in [0.717, 1.165) is 6.07 Å². The molecular formula is C15H16N2O6. The number of amides is 1. The van der Waals surface area contributed by atoms with Crippen LogP contribution in [-0.2, 0) is 0 Å². The van der Waals surface area contributed by atoms with Crippen molar-refractivity contribution in [3.05, 3.63) is 44.3 Å². The maximum absolute atomic E-state index is 12.2. The molecule has 8 nitrogen and oxygen atoms in total. The molecule has 2 rings (SSSR count). The lowest BCUT2D eigenvalue weighted by molar-refractivity contribution is -0.384. The number of nitro groups is 1. The third-order valence-corrected chi connectivity index (χ3v) is 2.95. The summed E-state index contributed by atoms with van der Waals surface area (Å²) in [7, 11) is 1.30. The molecule has 8 heteroatoms. The first-order chi connectivity index (χ1) is 10.6. The fraction of sp³-hybridized carbons (Fsp3) is 0.333. The van der Waals surface area contributed by atoms with Crippen LogP contribution in [0.2, 0.25) is 0 Å². The van der Waals surface area contributed by atoms with Crippen LogP contribution in [0.1, 0.15) is 31.1 Å². The number of rotatable bonds is 3. The molecule has 0 aliphatic carbocycles. The molecule has 0 radical (unpaired) electrons. The summed E-state index contributed by atoms with van der Waals surface area (Å²) in [5.74, 6) is -0.562. The van der Waals surface area contributed by atoms with Crippen molar-refractivity contribution >= 4 is 22.6 Å².